The second-order valence-electron chi connectivity index (χ2n) is 8.91. The number of carbonyl (C=O) groups excluding carboxylic acids is 1. The van der Waals surface area contributed by atoms with E-state index in [9.17, 15) is 18.5 Å². The van der Waals surface area contributed by atoms with Crippen molar-refractivity contribution in [3.05, 3.63) is 30.6 Å². The largest absolute Gasteiger partial charge is 0.293 e. The average Bonchev–Trinajstić information content (AvgIpc) is 3.42. The van der Waals surface area contributed by atoms with Crippen molar-refractivity contribution in [2.45, 2.75) is 44.6 Å². The SMILES string of the molecule is CCS(=O)(=O)N1CCC(CC#N)(n2cc(-c3cccc4nc(NC(=O)C5CC5)nn34)cn2)CC1. The van der Waals surface area contributed by atoms with Crippen molar-refractivity contribution in [1.82, 2.24) is 28.7 Å². The first-order valence-corrected chi connectivity index (χ1v) is 13.0. The van der Waals surface area contributed by atoms with Gasteiger partial charge in [0.25, 0.3) is 0 Å². The summed E-state index contributed by atoms with van der Waals surface area (Å²) in [6.45, 7) is 2.35. The molecule has 0 radical (unpaired) electrons. The minimum atomic E-state index is -3.27. The van der Waals surface area contributed by atoms with Crippen molar-refractivity contribution in [2.24, 2.45) is 5.92 Å². The van der Waals surface area contributed by atoms with Crippen LogP contribution >= 0.6 is 0 Å². The van der Waals surface area contributed by atoms with Crippen molar-refractivity contribution in [1.29, 1.82) is 5.26 Å². The number of aromatic nitrogens is 5. The summed E-state index contributed by atoms with van der Waals surface area (Å²) in [6.07, 6.45) is 6.64. The van der Waals surface area contributed by atoms with Crippen molar-refractivity contribution >= 4 is 27.5 Å². The molecule has 0 atom stereocenters. The monoisotopic (exact) mass is 482 g/mol. The molecule has 1 N–H and O–H groups in total. The molecule has 3 aromatic rings. The first kappa shape index (κ1) is 22.5. The fourth-order valence-electron chi connectivity index (χ4n) is 4.45. The highest BCUT2D eigenvalue weighted by Crippen LogP contribution is 2.35. The molecule has 2 fully saturated rings. The number of fused-ring (bicyclic) bond motifs is 1. The summed E-state index contributed by atoms with van der Waals surface area (Å²) in [4.78, 5) is 16.5. The Hall–Kier alpha value is -3.30. The minimum absolute atomic E-state index is 0.0550. The number of amides is 1. The molecule has 1 aliphatic carbocycles. The number of anilines is 1. The van der Waals surface area contributed by atoms with E-state index in [-0.39, 0.29) is 29.9 Å². The van der Waals surface area contributed by atoms with Crippen LogP contribution in [0.2, 0.25) is 0 Å². The van der Waals surface area contributed by atoms with Crippen molar-refractivity contribution in [2.75, 3.05) is 24.2 Å². The van der Waals surface area contributed by atoms with E-state index in [1.807, 2.05) is 24.4 Å². The molecular formula is C22H26N8O3S. The van der Waals surface area contributed by atoms with Gasteiger partial charge >= 0.3 is 0 Å². The molecule has 12 heteroatoms. The first-order valence-electron chi connectivity index (χ1n) is 11.4. The van der Waals surface area contributed by atoms with Gasteiger partial charge in [0.15, 0.2) is 5.65 Å². The van der Waals surface area contributed by atoms with E-state index in [0.717, 1.165) is 24.1 Å². The number of piperidine rings is 1. The number of nitriles is 1. The van der Waals surface area contributed by atoms with Crippen molar-refractivity contribution < 1.29 is 13.2 Å². The smallest absolute Gasteiger partial charge is 0.249 e. The second kappa shape index (κ2) is 8.48. The number of hydrogen-bond donors (Lipinski definition) is 1. The molecular weight excluding hydrogens is 456 g/mol. The van der Waals surface area contributed by atoms with Crippen LogP contribution in [-0.2, 0) is 20.4 Å². The van der Waals surface area contributed by atoms with E-state index in [0.29, 0.717) is 31.6 Å². The highest BCUT2D eigenvalue weighted by Gasteiger charge is 2.40. The van der Waals surface area contributed by atoms with Crippen LogP contribution in [0.1, 0.15) is 39.0 Å². The summed E-state index contributed by atoms with van der Waals surface area (Å²) in [7, 11) is -3.27. The van der Waals surface area contributed by atoms with E-state index in [2.05, 4.69) is 26.6 Å². The minimum Gasteiger partial charge on any atom is -0.293 e. The Balaban J connectivity index is 1.43. The zero-order valence-electron chi connectivity index (χ0n) is 18.9. The predicted molar refractivity (Wildman–Crippen MR) is 124 cm³/mol. The third-order valence-electron chi connectivity index (χ3n) is 6.73. The van der Waals surface area contributed by atoms with E-state index in [1.54, 1.807) is 22.3 Å². The summed E-state index contributed by atoms with van der Waals surface area (Å²) in [5.41, 5.74) is 1.56. The fraction of sp³-hybridized carbons (Fsp3) is 0.500. The van der Waals surface area contributed by atoms with Gasteiger partial charge in [-0.25, -0.2) is 17.2 Å². The van der Waals surface area contributed by atoms with Gasteiger partial charge in [-0.05, 0) is 44.7 Å². The molecule has 4 heterocycles. The molecule has 0 spiro atoms. The van der Waals surface area contributed by atoms with E-state index >= 15 is 0 Å². The highest BCUT2D eigenvalue weighted by atomic mass is 32.2. The van der Waals surface area contributed by atoms with Crippen LogP contribution in [-0.4, -0.2) is 61.9 Å². The summed E-state index contributed by atoms with van der Waals surface area (Å²) < 4.78 is 29.5. The maximum absolute atomic E-state index is 12.3. The Morgan fingerprint density at radius 2 is 2.06 bits per heavy atom. The standard InChI is InChI=1S/C22H26N8O3S/c1-2-34(32,33)28-12-9-22(8-11-23,10-13-28)29-15-17(14-24-29)18-4-3-5-19-25-21(27-30(18)19)26-20(31)16-6-7-16/h3-5,14-16H,2,6-10,12-13H2,1H3,(H,26,27,31). The lowest BCUT2D eigenvalue weighted by Crippen LogP contribution is -2.48. The molecule has 1 saturated heterocycles. The van der Waals surface area contributed by atoms with Gasteiger partial charge in [-0.1, -0.05) is 6.07 Å². The molecule has 178 valence electrons. The molecule has 2 aliphatic rings. The van der Waals surface area contributed by atoms with Gasteiger partial charge < -0.3 is 0 Å². The van der Waals surface area contributed by atoms with Crippen LogP contribution in [0.25, 0.3) is 16.9 Å². The number of nitrogens with zero attached hydrogens (tertiary/aromatic N) is 7. The summed E-state index contributed by atoms with van der Waals surface area (Å²) >= 11 is 0. The maximum Gasteiger partial charge on any atom is 0.249 e. The number of pyridine rings is 1. The van der Waals surface area contributed by atoms with Gasteiger partial charge in [0.1, 0.15) is 0 Å². The van der Waals surface area contributed by atoms with Crippen LogP contribution in [0.4, 0.5) is 5.95 Å². The highest BCUT2D eigenvalue weighted by molar-refractivity contribution is 7.89. The first-order chi connectivity index (χ1) is 16.3. The maximum atomic E-state index is 12.3. The van der Waals surface area contributed by atoms with Gasteiger partial charge in [-0.15, -0.1) is 5.10 Å². The Labute approximate surface area is 197 Å². The third kappa shape index (κ3) is 4.05. The summed E-state index contributed by atoms with van der Waals surface area (Å²) in [5, 5.41) is 21.3. The van der Waals surface area contributed by atoms with Crippen LogP contribution < -0.4 is 5.32 Å². The van der Waals surface area contributed by atoms with Gasteiger partial charge in [-0.3, -0.25) is 14.8 Å². The van der Waals surface area contributed by atoms with Gasteiger partial charge in [0.2, 0.25) is 21.9 Å². The van der Waals surface area contributed by atoms with Crippen LogP contribution in [0, 0.1) is 17.2 Å². The molecule has 0 aromatic carbocycles. The topological polar surface area (TPSA) is 138 Å². The molecule has 0 unspecified atom stereocenters. The van der Waals surface area contributed by atoms with Gasteiger partial charge in [0.05, 0.1) is 35.7 Å². The molecule has 0 bridgehead atoms. The van der Waals surface area contributed by atoms with Crippen LogP contribution in [0.15, 0.2) is 30.6 Å². The predicted octanol–water partition coefficient (Wildman–Crippen LogP) is 2.00. The average molecular weight is 483 g/mol. The number of sulfonamides is 1. The Bertz CT molecular complexity index is 1370. The lowest BCUT2D eigenvalue weighted by molar-refractivity contribution is -0.117. The van der Waals surface area contributed by atoms with E-state index in [4.69, 9.17) is 0 Å². The number of hydrogen-bond acceptors (Lipinski definition) is 7. The lowest BCUT2D eigenvalue weighted by atomic mass is 9.85. The Morgan fingerprint density at radius 1 is 1.29 bits per heavy atom. The molecule has 1 amide bonds. The van der Waals surface area contributed by atoms with Crippen LogP contribution in [0.5, 0.6) is 0 Å². The summed E-state index contributed by atoms with van der Waals surface area (Å²) in [6, 6.07) is 7.83. The lowest BCUT2D eigenvalue weighted by Gasteiger charge is -2.40. The molecule has 1 saturated carbocycles. The fourth-order valence-corrected chi connectivity index (χ4v) is 5.55. The van der Waals surface area contributed by atoms with Crippen molar-refractivity contribution in [3.63, 3.8) is 0 Å². The summed E-state index contributed by atoms with van der Waals surface area (Å²) in [5.74, 6) is 0.330. The normalized spacial score (nSPS) is 18.6. The molecule has 3 aromatic heterocycles. The van der Waals surface area contributed by atoms with E-state index in [1.165, 1.54) is 4.31 Å². The van der Waals surface area contributed by atoms with E-state index < -0.39 is 15.6 Å². The quantitative estimate of drug-likeness (QED) is 0.543. The second-order valence-corrected chi connectivity index (χ2v) is 11.2. The zero-order chi connectivity index (χ0) is 23.9. The van der Waals surface area contributed by atoms with Gasteiger partial charge in [0, 0.05) is 30.8 Å². The Kier molecular flexibility index (Phi) is 5.61. The number of nitrogens with one attached hydrogen (secondary N) is 1. The van der Waals surface area contributed by atoms with Gasteiger partial charge in [-0.2, -0.15) is 15.3 Å². The number of rotatable bonds is 7. The molecule has 34 heavy (non-hydrogen) atoms. The molecule has 5 rings (SSSR count). The molecule has 1 aliphatic heterocycles. The van der Waals surface area contributed by atoms with Crippen LogP contribution in [0.3, 0.4) is 0 Å². The van der Waals surface area contributed by atoms with Crippen molar-refractivity contribution in [3.8, 4) is 17.3 Å². The zero-order valence-corrected chi connectivity index (χ0v) is 19.7. The molecule has 11 nitrogen and oxygen atoms in total. The Morgan fingerprint density at radius 3 is 2.74 bits per heavy atom. The third-order valence-corrected chi connectivity index (χ3v) is 8.61. The number of carbonyl (C=O) groups is 1.